The number of rotatable bonds is 0. The summed E-state index contributed by atoms with van der Waals surface area (Å²) in [6.45, 7) is 26.8. The van der Waals surface area contributed by atoms with Crippen molar-refractivity contribution < 1.29 is 0 Å². The SMILES string of the molecule is CC(C)(C)c1ccc(C#Cc2ccc3c(c2)C#CC#Cc2cc(C#Cc4ccc(C(C)(C)C)cc4)ccc2-c2cc4c5cc2CCc2cc-3c(cc2-c2ccc(C#Cc3ccc(C(C)(C)C)cc3)cc2C#CC#Cc2cc(C#Cc3ccc(C(C)(C)C)cc3)ccc2-5)CC4)cc1. The van der Waals surface area contributed by atoms with E-state index in [1.807, 2.05) is 0 Å². The lowest BCUT2D eigenvalue weighted by molar-refractivity contribution is 0.590. The number of fused-ring (bicyclic) bond motifs is 2. The Hall–Kier alpha value is -11.3. The molecule has 0 atom stereocenters. The summed E-state index contributed by atoms with van der Waals surface area (Å²) < 4.78 is 0. The van der Waals surface area contributed by atoms with Crippen LogP contribution in [-0.4, -0.2) is 0 Å². The van der Waals surface area contributed by atoms with Gasteiger partial charge in [-0.2, -0.15) is 0 Å². The summed E-state index contributed by atoms with van der Waals surface area (Å²) in [5.74, 6) is 55.9. The Labute approximate surface area is 571 Å². The van der Waals surface area contributed by atoms with Crippen LogP contribution >= 0.6 is 0 Å². The Bertz CT molecular complexity index is 4670. The second-order valence-electron chi connectivity index (χ2n) is 29.7. The molecule has 460 valence electrons. The molecule has 0 nitrogen and oxygen atoms in total. The summed E-state index contributed by atoms with van der Waals surface area (Å²) in [7, 11) is 0. The maximum absolute atomic E-state index is 3.61. The fourth-order valence-electron chi connectivity index (χ4n) is 12.8. The molecule has 0 heteroatoms. The number of hydrogen-bond donors (Lipinski definition) is 0. The Morgan fingerprint density at radius 3 is 0.573 bits per heavy atom. The van der Waals surface area contributed by atoms with E-state index in [4.69, 9.17) is 0 Å². The van der Waals surface area contributed by atoms with Crippen LogP contribution in [0.4, 0.5) is 0 Å². The molecule has 0 amide bonds. The van der Waals surface area contributed by atoms with E-state index in [-0.39, 0.29) is 21.7 Å². The van der Waals surface area contributed by atoms with Crippen molar-refractivity contribution in [1.29, 1.82) is 0 Å². The van der Waals surface area contributed by atoms with Gasteiger partial charge >= 0.3 is 0 Å². The molecule has 0 N–H and O–H groups in total. The van der Waals surface area contributed by atoms with Gasteiger partial charge in [-0.3, -0.25) is 0 Å². The van der Waals surface area contributed by atoms with Crippen LogP contribution in [0.1, 0.15) is 194 Å². The first-order valence-electron chi connectivity index (χ1n) is 33.5. The molecule has 8 bridgehead atoms. The van der Waals surface area contributed by atoms with E-state index in [0.717, 1.165) is 137 Å². The van der Waals surface area contributed by atoms with Crippen LogP contribution in [0, 0.1) is 94.7 Å². The number of hydrogen-bond acceptors (Lipinski definition) is 0. The molecule has 0 aliphatic heterocycles. The van der Waals surface area contributed by atoms with Gasteiger partial charge in [0.15, 0.2) is 0 Å². The normalized spacial score (nSPS) is 12.3. The molecule has 0 fully saturated rings. The van der Waals surface area contributed by atoms with E-state index < -0.39 is 0 Å². The van der Waals surface area contributed by atoms with Crippen molar-refractivity contribution in [3.8, 4) is 139 Å². The van der Waals surface area contributed by atoms with Crippen LogP contribution in [0.3, 0.4) is 0 Å². The average Bonchev–Trinajstić information content (AvgIpc) is 0.952. The fraction of sp³-hybridized carbons (Fsp3) is 0.208. The maximum atomic E-state index is 3.61. The minimum absolute atomic E-state index is 0.0444. The van der Waals surface area contributed by atoms with Crippen molar-refractivity contribution in [2.75, 3.05) is 0 Å². The lowest BCUT2D eigenvalue weighted by atomic mass is 9.80. The smallest absolute Gasteiger partial charge is 0.0346 e. The molecule has 0 unspecified atom stereocenters. The monoisotopic (exact) mass is 1230 g/mol. The van der Waals surface area contributed by atoms with Crippen molar-refractivity contribution in [3.05, 3.63) is 305 Å². The highest BCUT2D eigenvalue weighted by atomic mass is 14.3. The Balaban J connectivity index is 1.03. The van der Waals surface area contributed by atoms with Crippen molar-refractivity contribution in [3.63, 3.8) is 0 Å². The van der Waals surface area contributed by atoms with E-state index in [2.05, 4.69) is 372 Å². The zero-order valence-corrected chi connectivity index (χ0v) is 57.3. The summed E-state index contributed by atoms with van der Waals surface area (Å²) in [5, 5.41) is 0. The van der Waals surface area contributed by atoms with Gasteiger partial charge in [-0.05, 0) is 257 Å². The van der Waals surface area contributed by atoms with Gasteiger partial charge in [-0.25, -0.2) is 0 Å². The molecule has 0 radical (unpaired) electrons. The third-order valence-electron chi connectivity index (χ3n) is 18.5. The van der Waals surface area contributed by atoms with E-state index in [9.17, 15) is 0 Å². The van der Waals surface area contributed by atoms with E-state index in [1.165, 1.54) is 44.5 Å². The van der Waals surface area contributed by atoms with Gasteiger partial charge in [0.1, 0.15) is 0 Å². The Kier molecular flexibility index (Phi) is 17.1. The van der Waals surface area contributed by atoms with Crippen LogP contribution in [0.25, 0.3) is 44.5 Å². The third kappa shape index (κ3) is 14.3. The van der Waals surface area contributed by atoms with Crippen molar-refractivity contribution >= 4 is 0 Å². The number of benzene rings is 10. The second-order valence-corrected chi connectivity index (χ2v) is 29.7. The van der Waals surface area contributed by atoms with Gasteiger partial charge in [0.2, 0.25) is 0 Å². The van der Waals surface area contributed by atoms with Crippen LogP contribution in [0.15, 0.2) is 194 Å². The lowest BCUT2D eigenvalue weighted by Crippen LogP contribution is -2.10. The van der Waals surface area contributed by atoms with Crippen LogP contribution < -0.4 is 0 Å². The molecular formula is C96H76. The number of aryl methyl sites for hydroxylation is 4. The molecule has 96 heavy (non-hydrogen) atoms. The summed E-state index contributed by atoms with van der Waals surface area (Å²) in [6.07, 6.45) is 2.89. The summed E-state index contributed by atoms with van der Waals surface area (Å²) in [4.78, 5) is 0. The first-order valence-corrected chi connectivity index (χ1v) is 33.5. The topological polar surface area (TPSA) is 0 Å². The molecule has 0 saturated heterocycles. The molecular weight excluding hydrogens is 1150 g/mol. The van der Waals surface area contributed by atoms with Gasteiger partial charge in [0.05, 0.1) is 0 Å². The van der Waals surface area contributed by atoms with E-state index in [1.54, 1.807) is 0 Å². The maximum Gasteiger partial charge on any atom is 0.0346 e. The molecule has 0 aromatic heterocycles. The predicted octanol–water partition coefficient (Wildman–Crippen LogP) is 20.5. The van der Waals surface area contributed by atoms with E-state index in [0.29, 0.717) is 0 Å². The molecule has 10 aromatic carbocycles. The predicted molar refractivity (Wildman–Crippen MR) is 401 cm³/mol. The quantitative estimate of drug-likeness (QED) is 0.133. The van der Waals surface area contributed by atoms with Gasteiger partial charge in [-0.15, -0.1) is 0 Å². The largest absolute Gasteiger partial charge is 0.0617 e. The van der Waals surface area contributed by atoms with Crippen LogP contribution in [-0.2, 0) is 47.3 Å². The molecule has 18 rings (SSSR count). The summed E-state index contributed by atoms with van der Waals surface area (Å²) in [5.41, 5.74) is 29.7. The highest BCUT2D eigenvalue weighted by Crippen LogP contribution is 2.43. The van der Waals surface area contributed by atoms with Crippen molar-refractivity contribution in [2.45, 2.75) is 130 Å². The van der Waals surface area contributed by atoms with Crippen molar-refractivity contribution in [1.82, 2.24) is 0 Å². The van der Waals surface area contributed by atoms with Gasteiger partial charge < -0.3 is 0 Å². The van der Waals surface area contributed by atoms with Crippen LogP contribution in [0.2, 0.25) is 0 Å². The molecule has 0 heterocycles. The highest BCUT2D eigenvalue weighted by Gasteiger charge is 2.24. The van der Waals surface area contributed by atoms with Gasteiger partial charge in [0, 0.05) is 66.8 Å². The van der Waals surface area contributed by atoms with Gasteiger partial charge in [0.25, 0.3) is 0 Å². The first-order chi connectivity index (χ1) is 46.0. The Morgan fingerprint density at radius 2 is 0.385 bits per heavy atom. The molecule has 10 aromatic rings. The fourth-order valence-corrected chi connectivity index (χ4v) is 12.8. The first kappa shape index (κ1) is 63.4. The molecule has 0 spiro atoms. The van der Waals surface area contributed by atoms with E-state index >= 15 is 0 Å². The highest BCUT2D eigenvalue weighted by molar-refractivity contribution is 5.86. The summed E-state index contributed by atoms with van der Waals surface area (Å²) in [6, 6.07) is 70.4. The average molecular weight is 1230 g/mol. The lowest BCUT2D eigenvalue weighted by Gasteiger charge is -2.24. The minimum Gasteiger partial charge on any atom is -0.0617 e. The Morgan fingerprint density at radius 1 is 0.208 bits per heavy atom. The minimum atomic E-state index is 0.0444. The zero-order chi connectivity index (χ0) is 66.9. The summed E-state index contributed by atoms with van der Waals surface area (Å²) >= 11 is 0. The zero-order valence-electron chi connectivity index (χ0n) is 57.3. The van der Waals surface area contributed by atoms with Crippen LogP contribution in [0.5, 0.6) is 0 Å². The molecule has 8 aliphatic carbocycles. The standard InChI is InChI=1S/C96H76/c1-93(2,3)81-45-29-65(30-46-81)21-25-69-37-53-85-73(57-69)17-13-14-18-74-58-70(26-22-66-31-47-82(48-32-66)94(4,5)6)38-54-86(74)92-63-79-42-41-77-62-90-78(61-89(77)85)43-44-80(92)64-91(79)88-56-40-72(28-24-68-35-51-84(52-36-68)96(10,11)12)60-76(88)20-16-15-19-75-59-71(39-55-87(75)90)27-23-67-33-49-83(50-34-67)95(7,8)9/h29-40,45-64H,41-44H2,1-12H3. The van der Waals surface area contributed by atoms with Gasteiger partial charge in [-0.1, -0.05) is 251 Å². The third-order valence-corrected chi connectivity index (χ3v) is 18.5. The second kappa shape index (κ2) is 25.9. The molecule has 0 saturated carbocycles. The molecule has 8 aliphatic rings. The van der Waals surface area contributed by atoms with Crippen molar-refractivity contribution in [2.24, 2.45) is 0 Å².